The molecular weight excluding hydrogens is 401 g/mol. The van der Waals surface area contributed by atoms with Gasteiger partial charge in [0.15, 0.2) is 5.69 Å². The minimum absolute atomic E-state index is 0.107. The van der Waals surface area contributed by atoms with Crippen molar-refractivity contribution in [2.24, 2.45) is 0 Å². The summed E-state index contributed by atoms with van der Waals surface area (Å²) in [5, 5.41) is 4.56. The maximum absolute atomic E-state index is 13.5. The van der Waals surface area contributed by atoms with Crippen LogP contribution in [0.4, 0.5) is 9.18 Å². The van der Waals surface area contributed by atoms with Gasteiger partial charge in [0.05, 0.1) is 29.6 Å². The fraction of sp³-hybridized carbons (Fsp3) is 0.450. The maximum Gasteiger partial charge on any atom is 0.410 e. The molecule has 0 unspecified atom stereocenters. The first-order chi connectivity index (χ1) is 13.6. The van der Waals surface area contributed by atoms with Crippen molar-refractivity contribution in [1.29, 1.82) is 0 Å². The summed E-state index contributed by atoms with van der Waals surface area (Å²) < 4.78 is 25.6. The second kappa shape index (κ2) is 8.02. The van der Waals surface area contributed by atoms with Gasteiger partial charge in [-0.15, -0.1) is 0 Å². The van der Waals surface area contributed by atoms with Gasteiger partial charge in [-0.05, 0) is 45.9 Å². The number of hydrogen-bond acceptors (Lipinski definition) is 5. The Balaban J connectivity index is 2.02. The summed E-state index contributed by atoms with van der Waals surface area (Å²) in [5.74, 6) is -1.06. The molecule has 9 heteroatoms. The van der Waals surface area contributed by atoms with E-state index in [1.165, 1.54) is 27.8 Å². The number of benzene rings is 1. The van der Waals surface area contributed by atoms with E-state index in [2.05, 4.69) is 5.10 Å². The average Bonchev–Trinajstić information content (AvgIpc) is 2.99. The van der Waals surface area contributed by atoms with E-state index in [1.54, 1.807) is 27.7 Å². The largest absolute Gasteiger partial charge is 0.461 e. The van der Waals surface area contributed by atoms with Crippen LogP contribution in [0.1, 0.15) is 49.4 Å². The molecule has 2 aromatic rings. The van der Waals surface area contributed by atoms with Gasteiger partial charge in [-0.1, -0.05) is 11.6 Å². The fourth-order valence-corrected chi connectivity index (χ4v) is 3.36. The van der Waals surface area contributed by atoms with Gasteiger partial charge in [0.25, 0.3) is 0 Å². The molecule has 0 aliphatic carbocycles. The van der Waals surface area contributed by atoms with Crippen LogP contribution in [0.25, 0.3) is 5.69 Å². The minimum Gasteiger partial charge on any atom is -0.461 e. The lowest BCUT2D eigenvalue weighted by atomic mass is 10.1. The zero-order valence-corrected chi connectivity index (χ0v) is 17.5. The summed E-state index contributed by atoms with van der Waals surface area (Å²) >= 11 is 6.21. The molecule has 0 N–H and O–H groups in total. The van der Waals surface area contributed by atoms with Crippen LogP contribution in [0.3, 0.4) is 0 Å². The first-order valence-corrected chi connectivity index (χ1v) is 9.69. The molecular formula is C20H23ClFN3O4. The summed E-state index contributed by atoms with van der Waals surface area (Å²) in [6.45, 7) is 7.79. The van der Waals surface area contributed by atoms with Gasteiger partial charge in [0.2, 0.25) is 0 Å². The Bertz CT molecular complexity index is 952. The van der Waals surface area contributed by atoms with Crippen molar-refractivity contribution in [3.63, 3.8) is 0 Å². The number of aromatic nitrogens is 2. The van der Waals surface area contributed by atoms with Crippen molar-refractivity contribution in [3.8, 4) is 5.69 Å². The quantitative estimate of drug-likeness (QED) is 0.694. The van der Waals surface area contributed by atoms with Gasteiger partial charge in [-0.25, -0.2) is 18.7 Å². The highest BCUT2D eigenvalue weighted by atomic mass is 35.5. The monoisotopic (exact) mass is 423 g/mol. The number of hydrogen-bond donors (Lipinski definition) is 0. The third kappa shape index (κ3) is 4.53. The van der Waals surface area contributed by atoms with Gasteiger partial charge in [0.1, 0.15) is 11.4 Å². The predicted molar refractivity (Wildman–Crippen MR) is 105 cm³/mol. The van der Waals surface area contributed by atoms with Crippen LogP contribution in [0.15, 0.2) is 18.2 Å². The molecule has 29 heavy (non-hydrogen) atoms. The number of carbonyl (C=O) groups is 2. The van der Waals surface area contributed by atoms with E-state index in [-0.39, 0.29) is 23.9 Å². The summed E-state index contributed by atoms with van der Waals surface area (Å²) in [4.78, 5) is 26.5. The van der Waals surface area contributed by atoms with Gasteiger partial charge in [-0.2, -0.15) is 5.10 Å². The highest BCUT2D eigenvalue weighted by Gasteiger charge is 2.33. The van der Waals surface area contributed by atoms with Crippen molar-refractivity contribution < 1.29 is 23.5 Å². The van der Waals surface area contributed by atoms with Crippen molar-refractivity contribution in [1.82, 2.24) is 14.7 Å². The number of halogens is 2. The van der Waals surface area contributed by atoms with E-state index < -0.39 is 23.5 Å². The van der Waals surface area contributed by atoms with Crippen LogP contribution in [-0.2, 0) is 22.4 Å². The van der Waals surface area contributed by atoms with Crippen LogP contribution in [0.5, 0.6) is 0 Å². The van der Waals surface area contributed by atoms with Crippen LogP contribution < -0.4 is 0 Å². The topological polar surface area (TPSA) is 73.7 Å². The van der Waals surface area contributed by atoms with Gasteiger partial charge in [0, 0.05) is 18.5 Å². The Morgan fingerprint density at radius 1 is 1.31 bits per heavy atom. The molecule has 1 aromatic heterocycles. The van der Waals surface area contributed by atoms with E-state index in [1.807, 2.05) is 0 Å². The molecule has 0 spiro atoms. The molecule has 0 atom stereocenters. The first-order valence-electron chi connectivity index (χ1n) is 9.32. The lowest BCUT2D eigenvalue weighted by molar-refractivity contribution is 0.0219. The molecule has 1 aromatic carbocycles. The number of esters is 1. The van der Waals surface area contributed by atoms with Crippen LogP contribution in [-0.4, -0.2) is 45.5 Å². The molecule has 1 aliphatic heterocycles. The Hall–Kier alpha value is -2.61. The standard InChI is InChI=1S/C20H23ClFN3O4/c1-5-28-18(26)17-13-11-24(19(27)29-20(2,3)4)9-8-15(13)25(23-17)16-7-6-12(22)10-14(16)21/h6-7,10H,5,8-9,11H2,1-4H3. The zero-order valence-electron chi connectivity index (χ0n) is 16.8. The van der Waals surface area contributed by atoms with Crippen LogP contribution in [0.2, 0.25) is 5.02 Å². The van der Waals surface area contributed by atoms with Crippen LogP contribution >= 0.6 is 11.6 Å². The Morgan fingerprint density at radius 2 is 2.03 bits per heavy atom. The molecule has 0 bridgehead atoms. The average molecular weight is 424 g/mol. The normalized spacial score (nSPS) is 13.8. The number of amides is 1. The molecule has 1 amide bonds. The van der Waals surface area contributed by atoms with Crippen molar-refractivity contribution in [3.05, 3.63) is 46.0 Å². The van der Waals surface area contributed by atoms with E-state index in [4.69, 9.17) is 21.1 Å². The Morgan fingerprint density at radius 3 is 2.66 bits per heavy atom. The van der Waals surface area contributed by atoms with E-state index >= 15 is 0 Å². The minimum atomic E-state index is -0.632. The van der Waals surface area contributed by atoms with E-state index in [0.717, 1.165) is 5.69 Å². The second-order valence-electron chi connectivity index (χ2n) is 7.65. The fourth-order valence-electron chi connectivity index (χ4n) is 3.12. The zero-order chi connectivity index (χ0) is 21.3. The SMILES string of the molecule is CCOC(=O)c1nn(-c2ccc(F)cc2Cl)c2c1CN(C(=O)OC(C)(C)C)CC2. The summed E-state index contributed by atoms with van der Waals surface area (Å²) in [7, 11) is 0. The van der Waals surface area contributed by atoms with Crippen molar-refractivity contribution >= 4 is 23.7 Å². The third-order valence-electron chi connectivity index (χ3n) is 4.32. The lowest BCUT2D eigenvalue weighted by Gasteiger charge is -2.30. The summed E-state index contributed by atoms with van der Waals surface area (Å²) in [5.41, 5.74) is 1.22. The second-order valence-corrected chi connectivity index (χ2v) is 8.06. The van der Waals surface area contributed by atoms with Gasteiger partial charge < -0.3 is 14.4 Å². The predicted octanol–water partition coefficient (Wildman–Crippen LogP) is 4.13. The maximum atomic E-state index is 13.5. The molecule has 1 aliphatic rings. The highest BCUT2D eigenvalue weighted by Crippen LogP contribution is 2.30. The molecule has 7 nitrogen and oxygen atoms in total. The van der Waals surface area contributed by atoms with Crippen LogP contribution in [0, 0.1) is 5.82 Å². The van der Waals surface area contributed by atoms with Gasteiger partial charge in [-0.3, -0.25) is 0 Å². The molecule has 0 radical (unpaired) electrons. The molecule has 156 valence electrons. The number of fused-ring (bicyclic) bond motifs is 1. The third-order valence-corrected chi connectivity index (χ3v) is 4.62. The number of carbonyl (C=O) groups excluding carboxylic acids is 2. The van der Waals surface area contributed by atoms with Crippen molar-refractivity contribution in [2.75, 3.05) is 13.2 Å². The highest BCUT2D eigenvalue weighted by molar-refractivity contribution is 6.32. The Kier molecular flexibility index (Phi) is 5.84. The number of ether oxygens (including phenoxy) is 2. The molecule has 0 saturated carbocycles. The molecule has 0 fully saturated rings. The van der Waals surface area contributed by atoms with E-state index in [0.29, 0.717) is 24.2 Å². The van der Waals surface area contributed by atoms with E-state index in [9.17, 15) is 14.0 Å². The Labute approximate surface area is 173 Å². The molecule has 3 rings (SSSR count). The number of nitrogens with zero attached hydrogens (tertiary/aromatic N) is 3. The van der Waals surface area contributed by atoms with Gasteiger partial charge >= 0.3 is 12.1 Å². The summed E-state index contributed by atoms with van der Waals surface area (Å²) in [6, 6.07) is 3.96. The lowest BCUT2D eigenvalue weighted by Crippen LogP contribution is -2.40. The molecule has 0 saturated heterocycles. The summed E-state index contributed by atoms with van der Waals surface area (Å²) in [6.07, 6.45) is -0.0418. The first kappa shape index (κ1) is 21.1. The number of rotatable bonds is 3. The van der Waals surface area contributed by atoms with Crippen molar-refractivity contribution in [2.45, 2.75) is 46.3 Å². The molecule has 2 heterocycles. The smallest absolute Gasteiger partial charge is 0.410 e.